The number of aryl methyl sites for hydroxylation is 2. The topological polar surface area (TPSA) is 0 Å². The van der Waals surface area contributed by atoms with Gasteiger partial charge in [-0.15, -0.1) is 0 Å². The number of halogens is 2. The molecule has 0 aliphatic heterocycles. The van der Waals surface area contributed by atoms with Crippen molar-refractivity contribution in [2.45, 2.75) is 51.9 Å². The molecule has 0 spiro atoms. The first-order chi connectivity index (χ1) is 16.5. The maximum Gasteiger partial charge on any atom is 0.129 e. The van der Waals surface area contributed by atoms with Crippen LogP contribution >= 0.6 is 0 Å². The van der Waals surface area contributed by atoms with Gasteiger partial charge in [-0.2, -0.15) is 0 Å². The van der Waals surface area contributed by atoms with Crippen LogP contribution in [0.1, 0.15) is 54.0 Å². The molecule has 2 heteroatoms. The lowest BCUT2D eigenvalue weighted by molar-refractivity contribution is 0.549. The Hall–Kier alpha value is -3.26. The molecule has 0 unspecified atom stereocenters. The number of rotatable bonds is 9. The highest BCUT2D eigenvalue weighted by Crippen LogP contribution is 2.25. The Bertz CT molecular complexity index is 1170. The van der Waals surface area contributed by atoms with E-state index in [0.29, 0.717) is 24.3 Å². The Morgan fingerprint density at radius 2 is 1.15 bits per heavy atom. The second-order valence-electron chi connectivity index (χ2n) is 9.20. The van der Waals surface area contributed by atoms with Gasteiger partial charge >= 0.3 is 0 Å². The van der Waals surface area contributed by atoms with Crippen molar-refractivity contribution >= 4 is 0 Å². The van der Waals surface area contributed by atoms with Gasteiger partial charge in [0.15, 0.2) is 0 Å². The molecule has 4 rings (SSSR count). The predicted molar refractivity (Wildman–Crippen MR) is 138 cm³/mol. The molecule has 0 amide bonds. The fraction of sp³-hybridized carbons (Fsp3) is 0.250. The number of benzene rings is 4. The predicted octanol–water partition coefficient (Wildman–Crippen LogP) is 8.72. The summed E-state index contributed by atoms with van der Waals surface area (Å²) in [5.74, 6) is -0.362. The van der Waals surface area contributed by atoms with Crippen LogP contribution in [0.15, 0.2) is 91.0 Å². The highest BCUT2D eigenvalue weighted by molar-refractivity contribution is 5.64. The summed E-state index contributed by atoms with van der Waals surface area (Å²) in [7, 11) is 0. The zero-order chi connectivity index (χ0) is 23.9. The lowest BCUT2D eigenvalue weighted by Gasteiger charge is -2.12. The molecule has 0 aromatic heterocycles. The molecular weight excluding hydrogens is 422 g/mol. The van der Waals surface area contributed by atoms with Crippen molar-refractivity contribution in [3.8, 4) is 11.1 Å². The minimum atomic E-state index is -0.422. The Morgan fingerprint density at radius 3 is 1.71 bits per heavy atom. The van der Waals surface area contributed by atoms with Crippen molar-refractivity contribution in [1.82, 2.24) is 0 Å². The van der Waals surface area contributed by atoms with Crippen molar-refractivity contribution in [1.29, 1.82) is 0 Å². The van der Waals surface area contributed by atoms with Crippen LogP contribution in [0.25, 0.3) is 11.1 Å². The zero-order valence-electron chi connectivity index (χ0n) is 20.0. The Labute approximate surface area is 202 Å². The summed E-state index contributed by atoms with van der Waals surface area (Å²) in [4.78, 5) is 0. The van der Waals surface area contributed by atoms with E-state index in [2.05, 4.69) is 85.8 Å². The van der Waals surface area contributed by atoms with Crippen LogP contribution in [-0.4, -0.2) is 0 Å². The molecule has 0 nitrogen and oxygen atoms in total. The van der Waals surface area contributed by atoms with Gasteiger partial charge in [0, 0.05) is 5.56 Å². The van der Waals surface area contributed by atoms with E-state index in [1.54, 1.807) is 0 Å². The van der Waals surface area contributed by atoms with Gasteiger partial charge in [-0.25, -0.2) is 8.78 Å². The summed E-state index contributed by atoms with van der Waals surface area (Å²) >= 11 is 0. The molecule has 1 atom stereocenters. The van der Waals surface area contributed by atoms with Gasteiger partial charge in [0.25, 0.3) is 0 Å². The Balaban J connectivity index is 1.36. The number of hydrogen-bond acceptors (Lipinski definition) is 0. The van der Waals surface area contributed by atoms with Gasteiger partial charge in [0.2, 0.25) is 0 Å². The SMILES string of the molecule is CCCc1c(F)cc(CCc2ccc(-c3ccc(C[C@H](C)c4ccccc4)cc3)cc2)cc1F. The van der Waals surface area contributed by atoms with Gasteiger partial charge in [-0.1, -0.05) is 99.1 Å². The Morgan fingerprint density at radius 1 is 0.618 bits per heavy atom. The van der Waals surface area contributed by atoms with Gasteiger partial charge in [-0.3, -0.25) is 0 Å². The molecule has 0 aliphatic carbocycles. The average Bonchev–Trinajstić information content (AvgIpc) is 2.86. The molecule has 0 fully saturated rings. The second kappa shape index (κ2) is 11.2. The monoisotopic (exact) mass is 454 g/mol. The fourth-order valence-electron chi connectivity index (χ4n) is 4.53. The molecule has 34 heavy (non-hydrogen) atoms. The van der Waals surface area contributed by atoms with Crippen LogP contribution in [0.3, 0.4) is 0 Å². The summed E-state index contributed by atoms with van der Waals surface area (Å²) < 4.78 is 28.4. The molecule has 4 aromatic rings. The van der Waals surface area contributed by atoms with E-state index in [1.165, 1.54) is 34.4 Å². The molecule has 0 bridgehead atoms. The fourth-order valence-corrected chi connectivity index (χ4v) is 4.53. The normalized spacial score (nSPS) is 12.0. The lowest BCUT2D eigenvalue weighted by atomic mass is 9.92. The lowest BCUT2D eigenvalue weighted by Crippen LogP contribution is -2.00. The van der Waals surface area contributed by atoms with Gasteiger partial charge < -0.3 is 0 Å². The largest absolute Gasteiger partial charge is 0.207 e. The molecule has 0 heterocycles. The van der Waals surface area contributed by atoms with Crippen LogP contribution in [0, 0.1) is 11.6 Å². The van der Waals surface area contributed by atoms with Crippen molar-refractivity contribution in [3.05, 3.63) is 130 Å². The molecule has 0 saturated heterocycles. The van der Waals surface area contributed by atoms with Crippen molar-refractivity contribution in [2.24, 2.45) is 0 Å². The molecule has 4 aromatic carbocycles. The van der Waals surface area contributed by atoms with Gasteiger partial charge in [0.1, 0.15) is 11.6 Å². The minimum absolute atomic E-state index is 0.205. The van der Waals surface area contributed by atoms with E-state index in [1.807, 2.05) is 6.92 Å². The van der Waals surface area contributed by atoms with Crippen LogP contribution in [-0.2, 0) is 25.7 Å². The first kappa shape index (κ1) is 23.9. The average molecular weight is 455 g/mol. The van der Waals surface area contributed by atoms with E-state index < -0.39 is 11.6 Å². The molecule has 0 saturated carbocycles. The van der Waals surface area contributed by atoms with E-state index in [0.717, 1.165) is 24.8 Å². The summed E-state index contributed by atoms with van der Waals surface area (Å²) in [6, 6.07) is 30.9. The molecular formula is C32H32F2. The number of hydrogen-bond donors (Lipinski definition) is 0. The van der Waals surface area contributed by atoms with Gasteiger partial charge in [-0.05, 0) is 77.1 Å². The second-order valence-corrected chi connectivity index (χ2v) is 9.20. The third kappa shape index (κ3) is 5.99. The first-order valence-electron chi connectivity index (χ1n) is 12.2. The van der Waals surface area contributed by atoms with E-state index in [-0.39, 0.29) is 5.56 Å². The van der Waals surface area contributed by atoms with E-state index in [9.17, 15) is 8.78 Å². The molecule has 0 radical (unpaired) electrons. The van der Waals surface area contributed by atoms with Crippen molar-refractivity contribution < 1.29 is 8.78 Å². The Kier molecular flexibility index (Phi) is 7.90. The maximum absolute atomic E-state index is 14.2. The maximum atomic E-state index is 14.2. The van der Waals surface area contributed by atoms with E-state index in [4.69, 9.17) is 0 Å². The first-order valence-corrected chi connectivity index (χ1v) is 12.2. The smallest absolute Gasteiger partial charge is 0.129 e. The summed E-state index contributed by atoms with van der Waals surface area (Å²) in [6.07, 6.45) is 3.56. The highest BCUT2D eigenvalue weighted by Gasteiger charge is 2.11. The quantitative estimate of drug-likeness (QED) is 0.237. The molecule has 0 N–H and O–H groups in total. The van der Waals surface area contributed by atoms with Crippen LogP contribution in [0.2, 0.25) is 0 Å². The van der Waals surface area contributed by atoms with E-state index >= 15 is 0 Å². The van der Waals surface area contributed by atoms with Crippen LogP contribution < -0.4 is 0 Å². The third-order valence-electron chi connectivity index (χ3n) is 6.55. The third-order valence-corrected chi connectivity index (χ3v) is 6.55. The zero-order valence-corrected chi connectivity index (χ0v) is 20.0. The van der Waals surface area contributed by atoms with Crippen LogP contribution in [0.4, 0.5) is 8.78 Å². The van der Waals surface area contributed by atoms with Gasteiger partial charge in [0.05, 0.1) is 0 Å². The summed E-state index contributed by atoms with van der Waals surface area (Å²) in [6.45, 7) is 4.20. The molecule has 0 aliphatic rings. The molecule has 174 valence electrons. The summed E-state index contributed by atoms with van der Waals surface area (Å²) in [5, 5.41) is 0. The minimum Gasteiger partial charge on any atom is -0.207 e. The van der Waals surface area contributed by atoms with Crippen molar-refractivity contribution in [3.63, 3.8) is 0 Å². The van der Waals surface area contributed by atoms with Crippen LogP contribution in [0.5, 0.6) is 0 Å². The highest BCUT2D eigenvalue weighted by atomic mass is 19.1. The summed E-state index contributed by atoms with van der Waals surface area (Å²) in [5.41, 5.74) is 7.14. The standard InChI is InChI=1S/C32H32F2/c1-3-7-30-31(33)21-26(22-32(30)34)11-10-24-12-16-28(17-13-24)29-18-14-25(15-19-29)20-23(2)27-8-5-4-6-9-27/h4-6,8-9,12-19,21-23H,3,7,10-11,20H2,1-2H3/t23-/m0/s1. The van der Waals surface area contributed by atoms with Crippen molar-refractivity contribution in [2.75, 3.05) is 0 Å².